The number of amides is 2. The van der Waals surface area contributed by atoms with Gasteiger partial charge in [-0.3, -0.25) is 24.8 Å². The molecule has 1 aromatic heterocycles. The van der Waals surface area contributed by atoms with E-state index in [1.807, 2.05) is 26.0 Å². The van der Waals surface area contributed by atoms with Crippen molar-refractivity contribution in [3.63, 3.8) is 0 Å². The fourth-order valence-electron chi connectivity index (χ4n) is 2.63. The Kier molecular flexibility index (Phi) is 5.07. The lowest BCUT2D eigenvalue weighted by molar-refractivity contribution is -0.141. The van der Waals surface area contributed by atoms with E-state index in [0.29, 0.717) is 6.54 Å². The van der Waals surface area contributed by atoms with Gasteiger partial charge in [-0.2, -0.15) is 0 Å². The van der Waals surface area contributed by atoms with Gasteiger partial charge in [-0.1, -0.05) is 19.9 Å². The predicted octanol–water partition coefficient (Wildman–Crippen LogP) is 1.66. The maximum absolute atomic E-state index is 12.3. The summed E-state index contributed by atoms with van der Waals surface area (Å²) in [6.45, 7) is 6.48. The molecule has 1 aliphatic rings. The van der Waals surface area contributed by atoms with Gasteiger partial charge in [0.15, 0.2) is 0 Å². The molecule has 5 nitrogen and oxygen atoms in total. The van der Waals surface area contributed by atoms with Crippen LogP contribution in [0.1, 0.15) is 44.9 Å². The number of nitrogens with one attached hydrogen (secondary N) is 1. The van der Waals surface area contributed by atoms with Crippen LogP contribution in [-0.4, -0.2) is 33.8 Å². The molecule has 0 saturated carbocycles. The van der Waals surface area contributed by atoms with Crippen molar-refractivity contribution >= 4 is 11.8 Å². The Balaban J connectivity index is 2.01. The average Bonchev–Trinajstić information content (AvgIpc) is 2.79. The number of aryl methyl sites for hydroxylation is 1. The molecule has 0 spiro atoms. The minimum absolute atomic E-state index is 0.0298. The number of aromatic nitrogens is 1. The van der Waals surface area contributed by atoms with Gasteiger partial charge < -0.3 is 0 Å². The van der Waals surface area contributed by atoms with Gasteiger partial charge in [0.25, 0.3) is 0 Å². The molecule has 2 atom stereocenters. The molecule has 2 rings (SSSR count). The smallest absolute Gasteiger partial charge is 0.247 e. The number of carbonyl (C=O) groups excluding carboxylic acids is 2. The monoisotopic (exact) mass is 289 g/mol. The maximum Gasteiger partial charge on any atom is 0.247 e. The SMILES string of the molecule is CCc1cccnc1CNC1CC(=O)N(C(C)CC)C1=O. The van der Waals surface area contributed by atoms with Crippen LogP contribution in [0, 0.1) is 0 Å². The van der Waals surface area contributed by atoms with E-state index in [4.69, 9.17) is 0 Å². The Hall–Kier alpha value is -1.75. The second kappa shape index (κ2) is 6.80. The Labute approximate surface area is 125 Å². The predicted molar refractivity (Wildman–Crippen MR) is 80.5 cm³/mol. The number of hydrogen-bond donors (Lipinski definition) is 1. The van der Waals surface area contributed by atoms with Crippen LogP contribution in [0.4, 0.5) is 0 Å². The number of carbonyl (C=O) groups is 2. The first kappa shape index (κ1) is 15.6. The van der Waals surface area contributed by atoms with Crippen LogP contribution < -0.4 is 5.32 Å². The van der Waals surface area contributed by atoms with Crippen LogP contribution in [0.2, 0.25) is 0 Å². The summed E-state index contributed by atoms with van der Waals surface area (Å²) in [6.07, 6.45) is 3.69. The molecule has 2 unspecified atom stereocenters. The van der Waals surface area contributed by atoms with Crippen molar-refractivity contribution in [2.24, 2.45) is 0 Å². The maximum atomic E-state index is 12.3. The molecule has 0 aromatic carbocycles. The van der Waals surface area contributed by atoms with Gasteiger partial charge in [-0.05, 0) is 31.4 Å². The lowest BCUT2D eigenvalue weighted by Gasteiger charge is -2.21. The zero-order chi connectivity index (χ0) is 15.4. The third-order valence-corrected chi connectivity index (χ3v) is 4.10. The largest absolute Gasteiger partial charge is 0.300 e. The average molecular weight is 289 g/mol. The summed E-state index contributed by atoms with van der Waals surface area (Å²) in [4.78, 5) is 30.0. The topological polar surface area (TPSA) is 62.3 Å². The molecule has 2 heterocycles. The van der Waals surface area contributed by atoms with Crippen LogP contribution in [0.5, 0.6) is 0 Å². The van der Waals surface area contributed by atoms with Crippen molar-refractivity contribution in [2.75, 3.05) is 0 Å². The third-order valence-electron chi connectivity index (χ3n) is 4.10. The van der Waals surface area contributed by atoms with Crippen molar-refractivity contribution < 1.29 is 9.59 Å². The molecular weight excluding hydrogens is 266 g/mol. The highest BCUT2D eigenvalue weighted by atomic mass is 16.2. The van der Waals surface area contributed by atoms with Gasteiger partial charge >= 0.3 is 0 Å². The van der Waals surface area contributed by atoms with Crippen molar-refractivity contribution in [3.05, 3.63) is 29.6 Å². The molecule has 0 aliphatic carbocycles. The van der Waals surface area contributed by atoms with E-state index in [-0.39, 0.29) is 24.3 Å². The molecule has 1 aliphatic heterocycles. The van der Waals surface area contributed by atoms with E-state index in [0.717, 1.165) is 18.5 Å². The highest BCUT2D eigenvalue weighted by Crippen LogP contribution is 2.18. The molecule has 2 amide bonds. The summed E-state index contributed by atoms with van der Waals surface area (Å²) in [5.41, 5.74) is 2.11. The summed E-state index contributed by atoms with van der Waals surface area (Å²) >= 11 is 0. The Morgan fingerprint density at radius 2 is 2.19 bits per heavy atom. The Bertz CT molecular complexity index is 530. The normalized spacial score (nSPS) is 20.1. The van der Waals surface area contributed by atoms with Crippen LogP contribution in [-0.2, 0) is 22.6 Å². The number of likely N-dealkylation sites (tertiary alicyclic amines) is 1. The summed E-state index contributed by atoms with van der Waals surface area (Å²) in [5, 5.41) is 3.19. The minimum atomic E-state index is -0.418. The highest BCUT2D eigenvalue weighted by molar-refractivity contribution is 6.05. The fourth-order valence-corrected chi connectivity index (χ4v) is 2.63. The van der Waals surface area contributed by atoms with Crippen molar-refractivity contribution in [2.45, 2.75) is 58.7 Å². The second-order valence-electron chi connectivity index (χ2n) is 5.46. The van der Waals surface area contributed by atoms with Crippen LogP contribution in [0.25, 0.3) is 0 Å². The zero-order valence-corrected chi connectivity index (χ0v) is 12.9. The van der Waals surface area contributed by atoms with E-state index in [1.54, 1.807) is 6.20 Å². The molecule has 5 heteroatoms. The third kappa shape index (κ3) is 3.29. The number of nitrogens with zero attached hydrogens (tertiary/aromatic N) is 2. The number of hydrogen-bond acceptors (Lipinski definition) is 4. The lowest BCUT2D eigenvalue weighted by atomic mass is 10.1. The molecule has 1 N–H and O–H groups in total. The number of pyridine rings is 1. The summed E-state index contributed by atoms with van der Waals surface area (Å²) < 4.78 is 0. The summed E-state index contributed by atoms with van der Waals surface area (Å²) in [5.74, 6) is -0.188. The van der Waals surface area contributed by atoms with E-state index < -0.39 is 6.04 Å². The van der Waals surface area contributed by atoms with Crippen molar-refractivity contribution in [1.29, 1.82) is 0 Å². The van der Waals surface area contributed by atoms with Gasteiger partial charge in [-0.25, -0.2) is 0 Å². The van der Waals surface area contributed by atoms with Crippen LogP contribution >= 0.6 is 0 Å². The fraction of sp³-hybridized carbons (Fsp3) is 0.562. The van der Waals surface area contributed by atoms with Crippen molar-refractivity contribution in [3.8, 4) is 0 Å². The first-order valence-electron chi connectivity index (χ1n) is 7.60. The zero-order valence-electron chi connectivity index (χ0n) is 12.9. The highest BCUT2D eigenvalue weighted by Gasteiger charge is 2.40. The minimum Gasteiger partial charge on any atom is -0.300 e. The molecule has 21 heavy (non-hydrogen) atoms. The first-order chi connectivity index (χ1) is 10.1. The molecular formula is C16H23N3O2. The van der Waals surface area contributed by atoms with Crippen LogP contribution in [0.15, 0.2) is 18.3 Å². The standard InChI is InChI=1S/C16H23N3O2/c1-4-11(3)19-15(20)9-13(16(19)21)18-10-14-12(5-2)7-6-8-17-14/h6-8,11,13,18H,4-5,9-10H2,1-3H3. The van der Waals surface area contributed by atoms with Crippen LogP contribution in [0.3, 0.4) is 0 Å². The number of rotatable bonds is 6. The Morgan fingerprint density at radius 3 is 2.86 bits per heavy atom. The van der Waals surface area contributed by atoms with Gasteiger partial charge in [0.2, 0.25) is 11.8 Å². The van der Waals surface area contributed by atoms with E-state index in [1.165, 1.54) is 10.5 Å². The van der Waals surface area contributed by atoms with Gasteiger partial charge in [0.05, 0.1) is 18.2 Å². The molecule has 1 saturated heterocycles. The van der Waals surface area contributed by atoms with Gasteiger partial charge in [-0.15, -0.1) is 0 Å². The summed E-state index contributed by atoms with van der Waals surface area (Å²) in [7, 11) is 0. The lowest BCUT2D eigenvalue weighted by Crippen LogP contribution is -2.42. The quantitative estimate of drug-likeness (QED) is 0.809. The van der Waals surface area contributed by atoms with E-state index in [9.17, 15) is 9.59 Å². The van der Waals surface area contributed by atoms with E-state index in [2.05, 4.69) is 17.2 Å². The number of imide groups is 1. The summed E-state index contributed by atoms with van der Waals surface area (Å²) in [6, 6.07) is 3.50. The second-order valence-corrected chi connectivity index (χ2v) is 5.46. The molecule has 114 valence electrons. The van der Waals surface area contributed by atoms with E-state index >= 15 is 0 Å². The Morgan fingerprint density at radius 1 is 1.43 bits per heavy atom. The molecule has 0 bridgehead atoms. The van der Waals surface area contributed by atoms with Crippen molar-refractivity contribution in [1.82, 2.24) is 15.2 Å². The molecule has 1 aromatic rings. The first-order valence-corrected chi connectivity index (χ1v) is 7.60. The van der Waals surface area contributed by atoms with Gasteiger partial charge in [0.1, 0.15) is 0 Å². The van der Waals surface area contributed by atoms with Gasteiger partial charge in [0, 0.05) is 18.8 Å². The molecule has 1 fully saturated rings. The molecule has 0 radical (unpaired) electrons.